The summed E-state index contributed by atoms with van der Waals surface area (Å²) in [5, 5.41) is 15.0. The predicted octanol–water partition coefficient (Wildman–Crippen LogP) is 5.26. The van der Waals surface area contributed by atoms with Crippen molar-refractivity contribution in [2.75, 3.05) is 58.5 Å². The summed E-state index contributed by atoms with van der Waals surface area (Å²) in [5.74, 6) is 1.02. The Hall–Kier alpha value is -5.98. The summed E-state index contributed by atoms with van der Waals surface area (Å²) in [4.78, 5) is 55.3. The molecule has 2 fully saturated rings. The molecule has 2 atom stereocenters. The predicted molar refractivity (Wildman–Crippen MR) is 204 cm³/mol. The summed E-state index contributed by atoms with van der Waals surface area (Å²) in [6.07, 6.45) is 7.18. The second-order valence-corrected chi connectivity index (χ2v) is 13.3. The Labute approximate surface area is 303 Å². The first-order valence-electron chi connectivity index (χ1n) is 18.0. The summed E-state index contributed by atoms with van der Waals surface area (Å²) in [6, 6.07) is 19.9. The van der Waals surface area contributed by atoms with Gasteiger partial charge < -0.3 is 31.1 Å². The third kappa shape index (κ3) is 7.83. The Morgan fingerprint density at radius 3 is 2.23 bits per heavy atom. The lowest BCUT2D eigenvalue weighted by atomic mass is 10.0. The first-order chi connectivity index (χ1) is 25.4. The molecule has 1 aliphatic carbocycles. The van der Waals surface area contributed by atoms with Crippen molar-refractivity contribution in [3.8, 4) is 0 Å². The maximum atomic E-state index is 13.0. The van der Waals surface area contributed by atoms with Crippen LogP contribution in [0.15, 0.2) is 79.5 Å². The highest BCUT2D eigenvalue weighted by molar-refractivity contribution is 6.01. The molecular weight excluding hydrogens is 656 g/mol. The number of nitrogens with zero attached hydrogens (tertiary/aromatic N) is 5. The number of amides is 3. The number of hydrogen-bond donors (Lipinski definition) is 5. The van der Waals surface area contributed by atoms with Crippen LogP contribution in [0.3, 0.4) is 0 Å². The highest BCUT2D eigenvalue weighted by Gasteiger charge is 2.27. The number of aryl methyl sites for hydroxylation is 1. The number of hydrogen-bond acceptors (Lipinski definition) is 11. The van der Waals surface area contributed by atoms with Crippen LogP contribution >= 0.6 is 0 Å². The van der Waals surface area contributed by atoms with Crippen LogP contribution in [-0.2, 0) is 16.0 Å². The van der Waals surface area contributed by atoms with Crippen LogP contribution in [0.4, 0.5) is 40.3 Å². The van der Waals surface area contributed by atoms with Crippen molar-refractivity contribution in [2.24, 2.45) is 0 Å². The second kappa shape index (κ2) is 15.5. The average Bonchev–Trinajstić information content (AvgIpc) is 3.58. The molecule has 0 bridgehead atoms. The van der Waals surface area contributed by atoms with Gasteiger partial charge in [-0.05, 0) is 85.8 Å². The fraction of sp³-hybridized carbons (Fsp3) is 0.333. The molecule has 2 aromatic carbocycles. The molecule has 5 N–H and O–H groups in total. The van der Waals surface area contributed by atoms with Crippen molar-refractivity contribution in [1.29, 1.82) is 0 Å². The lowest BCUT2D eigenvalue weighted by molar-refractivity contribution is -0.133. The Morgan fingerprint density at radius 2 is 1.58 bits per heavy atom. The molecule has 3 amide bonds. The third-order valence-electron chi connectivity index (χ3n) is 9.92. The SMILES string of the molecule is C=CCNC(=O)c1cnc(Nc2ccc(N3CCN(c4ccc(NC5CCC(=O)NC5=O)cc4)CC3)cc2)nc1Nc1ccc2c(n1)C(CC)CC2. The molecule has 13 heteroatoms. The largest absolute Gasteiger partial charge is 0.374 e. The minimum atomic E-state index is -0.400. The molecule has 0 radical (unpaired) electrons. The number of carbonyl (C=O) groups is 3. The first kappa shape index (κ1) is 34.5. The Morgan fingerprint density at radius 1 is 0.885 bits per heavy atom. The van der Waals surface area contributed by atoms with Gasteiger partial charge in [-0.3, -0.25) is 19.7 Å². The monoisotopic (exact) mass is 700 g/mol. The number of pyridine rings is 1. The zero-order valence-electron chi connectivity index (χ0n) is 29.3. The van der Waals surface area contributed by atoms with E-state index in [9.17, 15) is 14.4 Å². The minimum absolute atomic E-state index is 0.218. The van der Waals surface area contributed by atoms with E-state index >= 15 is 0 Å². The van der Waals surface area contributed by atoms with Gasteiger partial charge in [-0.2, -0.15) is 4.98 Å². The smallest absolute Gasteiger partial charge is 0.256 e. The molecule has 2 unspecified atom stereocenters. The van der Waals surface area contributed by atoms with E-state index in [0.29, 0.717) is 48.5 Å². The van der Waals surface area contributed by atoms with Gasteiger partial charge in [0, 0.05) is 79.7 Å². The molecule has 4 heterocycles. The number of piperazine rings is 1. The summed E-state index contributed by atoms with van der Waals surface area (Å²) >= 11 is 0. The van der Waals surface area contributed by atoms with Gasteiger partial charge in [0.05, 0.1) is 0 Å². The molecule has 0 spiro atoms. The topological polar surface area (TPSA) is 157 Å². The number of imide groups is 1. The van der Waals surface area contributed by atoms with E-state index in [1.165, 1.54) is 11.8 Å². The standard InChI is InChI=1S/C39H44N10O3/c1-3-19-40-37(51)31-24-41-39(47-36(31)45-33-17-7-26-6-5-25(4-2)35(26)44-33)43-28-10-14-30(15-11-28)49-22-20-48(21-23-49)29-12-8-27(9-13-29)42-32-16-18-34(50)46-38(32)52/h3,7-15,17,24-25,32,42H,1,4-6,16,18-23H2,2H3,(H,40,51)(H,46,50,52)(H2,41,43,44,45,47). The number of benzene rings is 2. The van der Waals surface area contributed by atoms with E-state index in [4.69, 9.17) is 9.97 Å². The summed E-state index contributed by atoms with van der Waals surface area (Å²) in [6.45, 7) is 9.68. The Kier molecular flexibility index (Phi) is 10.3. The molecule has 52 heavy (non-hydrogen) atoms. The highest BCUT2D eigenvalue weighted by atomic mass is 16.2. The normalized spacial score (nSPS) is 18.3. The van der Waals surface area contributed by atoms with E-state index in [1.54, 1.807) is 6.08 Å². The summed E-state index contributed by atoms with van der Waals surface area (Å²) in [7, 11) is 0. The van der Waals surface area contributed by atoms with Crippen molar-refractivity contribution in [3.05, 3.63) is 96.3 Å². The lowest BCUT2D eigenvalue weighted by Crippen LogP contribution is -2.47. The molecular formula is C39H44N10O3. The quantitative estimate of drug-likeness (QED) is 0.0971. The first-order valence-corrected chi connectivity index (χ1v) is 18.0. The maximum Gasteiger partial charge on any atom is 0.256 e. The Bertz CT molecular complexity index is 1940. The number of fused-ring (bicyclic) bond motifs is 1. The van der Waals surface area contributed by atoms with Crippen LogP contribution in [0.1, 0.15) is 60.1 Å². The van der Waals surface area contributed by atoms with E-state index in [-0.39, 0.29) is 17.7 Å². The number of rotatable bonds is 12. The summed E-state index contributed by atoms with van der Waals surface area (Å²) in [5.41, 5.74) is 6.65. The number of piperidine rings is 1. The molecule has 3 aliphatic rings. The van der Waals surface area contributed by atoms with Gasteiger partial charge in [0.25, 0.3) is 5.91 Å². The van der Waals surface area contributed by atoms with Crippen molar-refractivity contribution in [1.82, 2.24) is 25.6 Å². The second-order valence-electron chi connectivity index (χ2n) is 13.3. The van der Waals surface area contributed by atoms with Crippen molar-refractivity contribution in [2.45, 2.75) is 51.0 Å². The molecule has 2 aromatic heterocycles. The van der Waals surface area contributed by atoms with Crippen molar-refractivity contribution < 1.29 is 14.4 Å². The third-order valence-corrected chi connectivity index (χ3v) is 9.92. The van der Waals surface area contributed by atoms with E-state index in [2.05, 4.69) is 85.2 Å². The molecule has 4 aromatic rings. The number of aromatic nitrogens is 3. The van der Waals surface area contributed by atoms with Gasteiger partial charge in [-0.25, -0.2) is 9.97 Å². The van der Waals surface area contributed by atoms with E-state index in [0.717, 1.165) is 73.9 Å². The highest BCUT2D eigenvalue weighted by Crippen LogP contribution is 2.35. The van der Waals surface area contributed by atoms with Gasteiger partial charge in [-0.15, -0.1) is 6.58 Å². The average molecular weight is 701 g/mol. The zero-order valence-corrected chi connectivity index (χ0v) is 29.3. The molecule has 2 saturated heterocycles. The fourth-order valence-electron chi connectivity index (χ4n) is 7.00. The van der Waals surface area contributed by atoms with Crippen LogP contribution in [-0.4, -0.2) is 71.4 Å². The van der Waals surface area contributed by atoms with Crippen LogP contribution < -0.4 is 36.4 Å². The number of anilines is 7. The summed E-state index contributed by atoms with van der Waals surface area (Å²) < 4.78 is 0. The maximum absolute atomic E-state index is 13.0. The molecule has 0 saturated carbocycles. The van der Waals surface area contributed by atoms with Gasteiger partial charge >= 0.3 is 0 Å². The van der Waals surface area contributed by atoms with Crippen molar-refractivity contribution in [3.63, 3.8) is 0 Å². The van der Waals surface area contributed by atoms with Gasteiger partial charge in [0.2, 0.25) is 17.8 Å². The van der Waals surface area contributed by atoms with Crippen LogP contribution in [0.25, 0.3) is 0 Å². The molecule has 7 rings (SSSR count). The van der Waals surface area contributed by atoms with E-state index in [1.807, 2.05) is 30.3 Å². The van der Waals surface area contributed by atoms with Gasteiger partial charge in [0.1, 0.15) is 23.2 Å². The van der Waals surface area contributed by atoms with Gasteiger partial charge in [-0.1, -0.05) is 19.1 Å². The minimum Gasteiger partial charge on any atom is -0.374 e. The van der Waals surface area contributed by atoms with Crippen LogP contribution in [0, 0.1) is 0 Å². The zero-order chi connectivity index (χ0) is 36.0. The van der Waals surface area contributed by atoms with Crippen LogP contribution in [0.5, 0.6) is 0 Å². The van der Waals surface area contributed by atoms with Crippen molar-refractivity contribution >= 4 is 58.1 Å². The molecule has 13 nitrogen and oxygen atoms in total. The number of nitrogens with one attached hydrogen (secondary N) is 5. The van der Waals surface area contributed by atoms with E-state index < -0.39 is 6.04 Å². The molecule has 2 aliphatic heterocycles. The van der Waals surface area contributed by atoms with Gasteiger partial charge in [0.15, 0.2) is 0 Å². The van der Waals surface area contributed by atoms with Crippen LogP contribution in [0.2, 0.25) is 0 Å². The fourth-order valence-corrected chi connectivity index (χ4v) is 7.00. The number of carbonyl (C=O) groups excluding carboxylic acids is 3. The lowest BCUT2D eigenvalue weighted by Gasteiger charge is -2.37. The molecule has 268 valence electrons. The Balaban J connectivity index is 0.970.